The Morgan fingerprint density at radius 1 is 1.17 bits per heavy atom. The van der Waals surface area contributed by atoms with Gasteiger partial charge in [-0.05, 0) is 31.2 Å². The topological polar surface area (TPSA) is 54.8 Å². The van der Waals surface area contributed by atoms with E-state index in [0.29, 0.717) is 5.56 Å². The van der Waals surface area contributed by atoms with E-state index in [1.54, 1.807) is 23.4 Å². The number of aryl methyl sites for hydroxylation is 1. The molecule has 1 aromatic heterocycles. The third-order valence-electron chi connectivity index (χ3n) is 3.24. The molecule has 0 saturated carbocycles. The highest BCUT2D eigenvalue weighted by atomic mass is 32.2. The number of hydrogen-bond acceptors (Lipinski definition) is 6. The predicted molar refractivity (Wildman–Crippen MR) is 93.9 cm³/mol. The quantitative estimate of drug-likeness (QED) is 0.632. The van der Waals surface area contributed by atoms with Gasteiger partial charge in [-0.2, -0.15) is 0 Å². The lowest BCUT2D eigenvalue weighted by molar-refractivity contribution is -0.130. The molecule has 0 radical (unpaired) electrons. The van der Waals surface area contributed by atoms with Gasteiger partial charge in [0.1, 0.15) is 5.03 Å². The van der Waals surface area contributed by atoms with Gasteiger partial charge >= 0.3 is 5.97 Å². The summed E-state index contributed by atoms with van der Waals surface area (Å²) in [5.41, 5.74) is 2.19. The molecule has 5 nitrogen and oxygen atoms in total. The summed E-state index contributed by atoms with van der Waals surface area (Å²) >= 11 is 1.51. The monoisotopic (exact) mass is 339 g/mol. The first kappa shape index (κ1) is 16.3. The van der Waals surface area contributed by atoms with Crippen LogP contribution in [0.4, 0.5) is 0 Å². The fraction of sp³-hybridized carbons (Fsp3) is 0.167. The van der Waals surface area contributed by atoms with E-state index in [-0.39, 0.29) is 11.6 Å². The van der Waals surface area contributed by atoms with Crippen molar-refractivity contribution in [1.29, 1.82) is 0 Å². The molecule has 0 spiro atoms. The number of benzene rings is 1. The molecule has 0 saturated heterocycles. The number of nitrogens with zero attached hydrogens (tertiary/aromatic N) is 3. The molecular formula is C18H17N3O2S. The number of aromatic nitrogens is 1. The van der Waals surface area contributed by atoms with Gasteiger partial charge in [-0.3, -0.25) is 0 Å². The van der Waals surface area contributed by atoms with Crippen LogP contribution < -0.4 is 0 Å². The largest absolute Gasteiger partial charge is 0.402 e. The van der Waals surface area contributed by atoms with Crippen LogP contribution in [-0.2, 0) is 9.53 Å². The molecule has 0 bridgehead atoms. The Morgan fingerprint density at radius 3 is 2.62 bits per heavy atom. The molecule has 1 aliphatic heterocycles. The van der Waals surface area contributed by atoms with Gasteiger partial charge in [0.05, 0.1) is 5.56 Å². The van der Waals surface area contributed by atoms with Crippen molar-refractivity contribution < 1.29 is 9.53 Å². The zero-order chi connectivity index (χ0) is 17.1. The first-order valence-corrected chi connectivity index (χ1v) is 8.23. The summed E-state index contributed by atoms with van der Waals surface area (Å²) in [6.07, 6.45) is 3.35. The molecule has 0 amide bonds. The maximum absolute atomic E-state index is 11.9. The molecule has 2 heterocycles. The first-order chi connectivity index (χ1) is 11.5. The Bertz CT molecular complexity index is 826. The first-order valence-electron chi connectivity index (χ1n) is 7.42. The van der Waals surface area contributed by atoms with E-state index in [1.807, 2.05) is 39.2 Å². The fourth-order valence-electron chi connectivity index (χ4n) is 2.11. The van der Waals surface area contributed by atoms with Crippen LogP contribution in [0.2, 0.25) is 0 Å². The van der Waals surface area contributed by atoms with Crippen LogP contribution in [0.3, 0.4) is 0 Å². The Balaban J connectivity index is 1.92. The maximum Gasteiger partial charge on any atom is 0.365 e. The number of esters is 1. The van der Waals surface area contributed by atoms with Crippen LogP contribution >= 0.6 is 11.8 Å². The average molecular weight is 339 g/mol. The molecule has 6 heteroatoms. The third kappa shape index (κ3) is 3.65. The zero-order valence-corrected chi connectivity index (χ0v) is 14.5. The van der Waals surface area contributed by atoms with Gasteiger partial charge in [0, 0.05) is 31.4 Å². The van der Waals surface area contributed by atoms with Gasteiger partial charge < -0.3 is 9.64 Å². The SMILES string of the molecule is Cc1ccc(Sc2ncccc2C2=N/C(=C\N(C)C)C(=O)O2)cc1. The van der Waals surface area contributed by atoms with Gasteiger partial charge in [-0.25, -0.2) is 14.8 Å². The maximum atomic E-state index is 11.9. The van der Waals surface area contributed by atoms with Crippen LogP contribution in [0.5, 0.6) is 0 Å². The molecule has 0 fully saturated rings. The van der Waals surface area contributed by atoms with Crippen molar-refractivity contribution in [2.45, 2.75) is 16.8 Å². The van der Waals surface area contributed by atoms with Crippen LogP contribution in [0.1, 0.15) is 11.1 Å². The Hall–Kier alpha value is -2.60. The van der Waals surface area contributed by atoms with Crippen LogP contribution in [-0.4, -0.2) is 35.8 Å². The lowest BCUT2D eigenvalue weighted by Gasteiger charge is -2.07. The molecule has 0 atom stereocenters. The summed E-state index contributed by atoms with van der Waals surface area (Å²) in [6.45, 7) is 2.05. The van der Waals surface area contributed by atoms with Crippen molar-refractivity contribution in [1.82, 2.24) is 9.88 Å². The van der Waals surface area contributed by atoms with Crippen molar-refractivity contribution in [2.75, 3.05) is 14.1 Å². The predicted octanol–water partition coefficient (Wildman–Crippen LogP) is 3.25. The van der Waals surface area contributed by atoms with E-state index in [0.717, 1.165) is 9.92 Å². The van der Waals surface area contributed by atoms with Crippen LogP contribution in [0.15, 0.2) is 69.4 Å². The van der Waals surface area contributed by atoms with Crippen molar-refractivity contribution in [3.63, 3.8) is 0 Å². The highest BCUT2D eigenvalue weighted by Crippen LogP contribution is 2.30. The van der Waals surface area contributed by atoms with Crippen molar-refractivity contribution in [3.05, 3.63) is 65.6 Å². The van der Waals surface area contributed by atoms with Gasteiger partial charge in [-0.1, -0.05) is 29.5 Å². The molecule has 3 rings (SSSR count). The average Bonchev–Trinajstić information content (AvgIpc) is 2.90. The number of rotatable bonds is 4. The number of pyridine rings is 1. The molecule has 122 valence electrons. The summed E-state index contributed by atoms with van der Waals surface area (Å²) in [4.78, 5) is 23.5. The molecule has 2 aromatic rings. The van der Waals surface area contributed by atoms with E-state index >= 15 is 0 Å². The van der Waals surface area contributed by atoms with Crippen molar-refractivity contribution in [3.8, 4) is 0 Å². The van der Waals surface area contributed by atoms with E-state index in [4.69, 9.17) is 4.74 Å². The number of aliphatic imine (C=N–C) groups is 1. The lowest BCUT2D eigenvalue weighted by Crippen LogP contribution is -2.08. The molecular weight excluding hydrogens is 322 g/mol. The molecule has 0 aliphatic carbocycles. The van der Waals surface area contributed by atoms with E-state index < -0.39 is 5.97 Å². The van der Waals surface area contributed by atoms with Crippen LogP contribution in [0, 0.1) is 6.92 Å². The highest BCUT2D eigenvalue weighted by molar-refractivity contribution is 7.99. The van der Waals surface area contributed by atoms with Crippen molar-refractivity contribution in [2.24, 2.45) is 4.99 Å². The lowest BCUT2D eigenvalue weighted by atomic mass is 10.2. The van der Waals surface area contributed by atoms with Crippen LogP contribution in [0.25, 0.3) is 0 Å². The van der Waals surface area contributed by atoms with Gasteiger partial charge in [0.15, 0.2) is 5.70 Å². The second-order valence-electron chi connectivity index (χ2n) is 5.56. The van der Waals surface area contributed by atoms with Gasteiger partial charge in [-0.15, -0.1) is 0 Å². The third-order valence-corrected chi connectivity index (χ3v) is 4.26. The Morgan fingerprint density at radius 2 is 1.92 bits per heavy atom. The van der Waals surface area contributed by atoms with E-state index in [9.17, 15) is 4.79 Å². The molecule has 1 aliphatic rings. The summed E-state index contributed by atoms with van der Waals surface area (Å²) in [5, 5.41) is 0.749. The summed E-state index contributed by atoms with van der Waals surface area (Å²) in [7, 11) is 3.66. The number of ether oxygens (including phenoxy) is 1. The minimum absolute atomic E-state index is 0.283. The normalized spacial score (nSPS) is 15.4. The second kappa shape index (κ2) is 6.88. The molecule has 24 heavy (non-hydrogen) atoms. The second-order valence-corrected chi connectivity index (χ2v) is 6.62. The highest BCUT2D eigenvalue weighted by Gasteiger charge is 2.26. The number of carbonyl (C=O) groups excluding carboxylic acids is 1. The minimum Gasteiger partial charge on any atom is -0.402 e. The smallest absolute Gasteiger partial charge is 0.365 e. The summed E-state index contributed by atoms with van der Waals surface area (Å²) < 4.78 is 5.32. The number of cyclic esters (lactones) is 1. The zero-order valence-electron chi connectivity index (χ0n) is 13.7. The van der Waals surface area contributed by atoms with Gasteiger partial charge in [0.2, 0.25) is 5.90 Å². The Kier molecular flexibility index (Phi) is 4.66. The molecule has 0 unspecified atom stereocenters. The number of hydrogen-bond donors (Lipinski definition) is 0. The Labute approximate surface area is 145 Å². The standard InChI is InChI=1S/C18H17N3O2S/c1-12-6-8-13(9-7-12)24-17-14(5-4-10-19-17)16-20-15(11-21(2)3)18(22)23-16/h4-11H,1-3H3/b15-11-. The number of carbonyl (C=O) groups is 1. The summed E-state index contributed by atoms with van der Waals surface area (Å²) in [5.74, 6) is -0.162. The van der Waals surface area contributed by atoms with E-state index in [2.05, 4.69) is 22.1 Å². The molecule has 1 aromatic carbocycles. The summed E-state index contributed by atoms with van der Waals surface area (Å²) in [6, 6.07) is 11.8. The molecule has 0 N–H and O–H groups in total. The van der Waals surface area contributed by atoms with Crippen molar-refractivity contribution >= 4 is 23.6 Å². The fourth-order valence-corrected chi connectivity index (χ4v) is 2.99. The minimum atomic E-state index is -0.450. The van der Waals surface area contributed by atoms with Gasteiger partial charge in [0.25, 0.3) is 0 Å². The van der Waals surface area contributed by atoms with E-state index in [1.165, 1.54) is 17.3 Å².